The van der Waals surface area contributed by atoms with Crippen LogP contribution in [0.15, 0.2) is 42.5 Å². The third-order valence-corrected chi connectivity index (χ3v) is 3.46. The van der Waals surface area contributed by atoms with Crippen LogP contribution >= 0.6 is 0 Å². The zero-order valence-electron chi connectivity index (χ0n) is 13.2. The van der Waals surface area contributed by atoms with E-state index in [-0.39, 0.29) is 11.6 Å². The van der Waals surface area contributed by atoms with Crippen molar-refractivity contribution >= 4 is 17.3 Å². The number of aryl methyl sites for hydroxylation is 2. The van der Waals surface area contributed by atoms with Crippen molar-refractivity contribution in [2.75, 3.05) is 5.32 Å². The number of anilines is 1. The summed E-state index contributed by atoms with van der Waals surface area (Å²) in [4.78, 5) is 22.4. The summed E-state index contributed by atoms with van der Waals surface area (Å²) in [6, 6.07) is 11.4. The molecule has 0 aliphatic rings. The average molecular weight is 314 g/mol. The molecule has 2 aromatic carbocycles. The predicted octanol–water partition coefficient (Wildman–Crippen LogP) is 3.62. The Labute approximate surface area is 134 Å². The smallest absolute Gasteiger partial charge is 0.269 e. The molecule has 23 heavy (non-hydrogen) atoms. The molecule has 0 aliphatic heterocycles. The van der Waals surface area contributed by atoms with Gasteiger partial charge in [-0.2, -0.15) is 0 Å². The number of nitro benzene ring substituents is 1. The fraction of sp³-hybridized carbons (Fsp3) is 0.235. The molecule has 6 heteroatoms. The van der Waals surface area contributed by atoms with Crippen molar-refractivity contribution in [3.05, 3.63) is 63.7 Å². The monoisotopic (exact) mass is 314 g/mol. The summed E-state index contributed by atoms with van der Waals surface area (Å²) in [5.41, 5.74) is 2.70. The minimum absolute atomic E-state index is 0.0232. The van der Waals surface area contributed by atoms with Crippen LogP contribution < -0.4 is 10.1 Å². The molecule has 1 N–H and O–H groups in total. The highest BCUT2D eigenvalue weighted by atomic mass is 16.6. The highest BCUT2D eigenvalue weighted by Crippen LogP contribution is 2.21. The van der Waals surface area contributed by atoms with Gasteiger partial charge in [0, 0.05) is 17.8 Å². The molecule has 0 bridgehead atoms. The molecular formula is C17H18N2O4. The van der Waals surface area contributed by atoms with Crippen LogP contribution in [0.5, 0.6) is 5.75 Å². The fourth-order valence-corrected chi connectivity index (χ4v) is 2.14. The molecule has 0 saturated carbocycles. The lowest BCUT2D eigenvalue weighted by molar-refractivity contribution is -0.384. The Morgan fingerprint density at radius 1 is 1.13 bits per heavy atom. The lowest BCUT2D eigenvalue weighted by Gasteiger charge is -2.17. The molecular weight excluding hydrogens is 296 g/mol. The lowest BCUT2D eigenvalue weighted by Crippen LogP contribution is -2.30. The molecule has 0 heterocycles. The van der Waals surface area contributed by atoms with Crippen LogP contribution in [0.2, 0.25) is 0 Å². The molecule has 0 radical (unpaired) electrons. The number of benzene rings is 2. The Morgan fingerprint density at radius 2 is 1.70 bits per heavy atom. The van der Waals surface area contributed by atoms with E-state index in [1.807, 2.05) is 32.0 Å². The molecule has 1 amide bonds. The number of para-hydroxylation sites is 1. The Balaban J connectivity index is 2.04. The summed E-state index contributed by atoms with van der Waals surface area (Å²) < 4.78 is 5.53. The van der Waals surface area contributed by atoms with Crippen LogP contribution in [-0.4, -0.2) is 16.9 Å². The number of carbonyl (C=O) groups is 1. The molecule has 2 rings (SSSR count). The first-order valence-electron chi connectivity index (χ1n) is 7.16. The van der Waals surface area contributed by atoms with Gasteiger partial charge in [-0.25, -0.2) is 0 Å². The second-order valence-corrected chi connectivity index (χ2v) is 5.27. The number of amides is 1. The minimum Gasteiger partial charge on any atom is -0.481 e. The number of nitrogens with zero attached hydrogens (tertiary/aromatic N) is 1. The number of carbonyl (C=O) groups excluding carboxylic acids is 1. The van der Waals surface area contributed by atoms with E-state index >= 15 is 0 Å². The second kappa shape index (κ2) is 6.91. The summed E-state index contributed by atoms with van der Waals surface area (Å²) in [6.07, 6.45) is -0.726. The Hall–Kier alpha value is -2.89. The van der Waals surface area contributed by atoms with Gasteiger partial charge >= 0.3 is 0 Å². The number of nitrogens with one attached hydrogen (secondary N) is 1. The Bertz CT molecular complexity index is 706. The third-order valence-electron chi connectivity index (χ3n) is 3.46. The number of ether oxygens (including phenoxy) is 1. The highest BCUT2D eigenvalue weighted by Gasteiger charge is 2.17. The maximum absolute atomic E-state index is 12.3. The number of hydrogen-bond donors (Lipinski definition) is 1. The van der Waals surface area contributed by atoms with Crippen molar-refractivity contribution in [2.24, 2.45) is 0 Å². The zero-order chi connectivity index (χ0) is 17.0. The normalized spacial score (nSPS) is 11.6. The van der Waals surface area contributed by atoms with E-state index in [1.165, 1.54) is 24.3 Å². The summed E-state index contributed by atoms with van der Waals surface area (Å²) >= 11 is 0. The summed E-state index contributed by atoms with van der Waals surface area (Å²) in [5, 5.41) is 13.5. The number of rotatable bonds is 5. The largest absolute Gasteiger partial charge is 0.481 e. The summed E-state index contributed by atoms with van der Waals surface area (Å²) in [5.74, 6) is 0.125. The number of non-ortho nitro benzene ring substituents is 1. The first-order valence-corrected chi connectivity index (χ1v) is 7.16. The molecule has 0 aromatic heterocycles. The predicted molar refractivity (Wildman–Crippen MR) is 87.7 cm³/mol. The average Bonchev–Trinajstić information content (AvgIpc) is 2.51. The number of hydrogen-bond acceptors (Lipinski definition) is 4. The molecule has 1 atom stereocenters. The maximum atomic E-state index is 12.3. The van der Waals surface area contributed by atoms with Gasteiger partial charge in [0.05, 0.1) is 4.92 Å². The second-order valence-electron chi connectivity index (χ2n) is 5.27. The van der Waals surface area contributed by atoms with Crippen LogP contribution in [0.1, 0.15) is 18.1 Å². The lowest BCUT2D eigenvalue weighted by atomic mass is 10.1. The van der Waals surface area contributed by atoms with Crippen molar-refractivity contribution < 1.29 is 14.5 Å². The van der Waals surface area contributed by atoms with Crippen molar-refractivity contribution in [3.63, 3.8) is 0 Å². The van der Waals surface area contributed by atoms with Gasteiger partial charge in [0.2, 0.25) is 0 Å². The van der Waals surface area contributed by atoms with Gasteiger partial charge in [-0.3, -0.25) is 14.9 Å². The van der Waals surface area contributed by atoms with E-state index in [0.717, 1.165) is 16.8 Å². The van der Waals surface area contributed by atoms with Gasteiger partial charge < -0.3 is 10.1 Å². The van der Waals surface area contributed by atoms with Crippen LogP contribution in [-0.2, 0) is 4.79 Å². The van der Waals surface area contributed by atoms with Gasteiger partial charge in [-0.15, -0.1) is 0 Å². The quantitative estimate of drug-likeness (QED) is 0.675. The fourth-order valence-electron chi connectivity index (χ4n) is 2.14. The van der Waals surface area contributed by atoms with E-state index in [1.54, 1.807) is 6.92 Å². The molecule has 0 saturated heterocycles. The van der Waals surface area contributed by atoms with Gasteiger partial charge in [0.25, 0.3) is 11.6 Å². The Kier molecular flexibility index (Phi) is 4.95. The summed E-state index contributed by atoms with van der Waals surface area (Å²) in [6.45, 7) is 5.47. The topological polar surface area (TPSA) is 81.5 Å². The van der Waals surface area contributed by atoms with Gasteiger partial charge in [-0.1, -0.05) is 18.2 Å². The number of nitro groups is 1. The Morgan fingerprint density at radius 3 is 2.22 bits per heavy atom. The highest BCUT2D eigenvalue weighted by molar-refractivity contribution is 5.95. The molecule has 120 valence electrons. The van der Waals surface area contributed by atoms with Crippen LogP contribution in [0.3, 0.4) is 0 Å². The van der Waals surface area contributed by atoms with Crippen molar-refractivity contribution in [1.29, 1.82) is 0 Å². The van der Waals surface area contributed by atoms with E-state index in [4.69, 9.17) is 4.74 Å². The molecule has 6 nitrogen and oxygen atoms in total. The standard InChI is InChI=1S/C17H18N2O4/c1-11-5-4-6-12(2)16(11)18-17(20)13(3)23-15-9-7-14(8-10-15)19(21)22/h4-10,13H,1-3H3,(H,18,20). The van der Waals surface area contributed by atoms with Crippen molar-refractivity contribution in [1.82, 2.24) is 0 Å². The molecule has 0 aliphatic carbocycles. The first-order chi connectivity index (χ1) is 10.9. The van der Waals surface area contributed by atoms with E-state index in [0.29, 0.717) is 5.75 Å². The molecule has 1 unspecified atom stereocenters. The van der Waals surface area contributed by atoms with Crippen molar-refractivity contribution in [2.45, 2.75) is 26.9 Å². The van der Waals surface area contributed by atoms with Gasteiger partial charge in [0.1, 0.15) is 5.75 Å². The summed E-state index contributed by atoms with van der Waals surface area (Å²) in [7, 11) is 0. The zero-order valence-corrected chi connectivity index (χ0v) is 13.2. The molecule has 2 aromatic rings. The van der Waals surface area contributed by atoms with E-state index in [9.17, 15) is 14.9 Å². The van der Waals surface area contributed by atoms with Crippen molar-refractivity contribution in [3.8, 4) is 5.75 Å². The van der Waals surface area contributed by atoms with E-state index in [2.05, 4.69) is 5.32 Å². The van der Waals surface area contributed by atoms with E-state index < -0.39 is 11.0 Å². The van der Waals surface area contributed by atoms with Gasteiger partial charge in [0.15, 0.2) is 6.10 Å². The first kappa shape index (κ1) is 16.5. The van der Waals surface area contributed by atoms with Gasteiger partial charge in [-0.05, 0) is 44.0 Å². The molecule has 0 fully saturated rings. The van der Waals surface area contributed by atoms with Crippen LogP contribution in [0, 0.1) is 24.0 Å². The third kappa shape index (κ3) is 4.06. The maximum Gasteiger partial charge on any atom is 0.269 e. The van der Waals surface area contributed by atoms with Crippen LogP contribution in [0.4, 0.5) is 11.4 Å². The minimum atomic E-state index is -0.726. The van der Waals surface area contributed by atoms with Crippen LogP contribution in [0.25, 0.3) is 0 Å². The molecule has 0 spiro atoms. The SMILES string of the molecule is Cc1cccc(C)c1NC(=O)C(C)Oc1ccc([N+](=O)[O-])cc1.